The Labute approximate surface area is 134 Å². The Bertz CT molecular complexity index is 905. The number of aromatic amines is 1. The Hall–Kier alpha value is -2.88. The van der Waals surface area contributed by atoms with Crippen LogP contribution in [0.25, 0.3) is 10.9 Å². The van der Waals surface area contributed by atoms with Crippen molar-refractivity contribution in [2.75, 3.05) is 0 Å². The van der Waals surface area contributed by atoms with Gasteiger partial charge in [0.05, 0.1) is 6.54 Å². The first kappa shape index (κ1) is 13.8. The number of aromatic nitrogens is 4. The van der Waals surface area contributed by atoms with E-state index in [4.69, 9.17) is 0 Å². The van der Waals surface area contributed by atoms with Crippen molar-refractivity contribution in [3.63, 3.8) is 0 Å². The molecular formula is C19H18N4. The molecule has 0 saturated heterocycles. The minimum atomic E-state index is 0.817. The molecule has 0 atom stereocenters. The van der Waals surface area contributed by atoms with Gasteiger partial charge in [-0.15, -0.1) is 10.2 Å². The van der Waals surface area contributed by atoms with E-state index in [0.717, 1.165) is 25.2 Å². The number of hydrogen-bond acceptors (Lipinski definition) is 2. The smallest absolute Gasteiger partial charge is 0.133 e. The van der Waals surface area contributed by atoms with Crippen LogP contribution in [-0.2, 0) is 19.4 Å². The van der Waals surface area contributed by atoms with Crippen LogP contribution >= 0.6 is 0 Å². The lowest BCUT2D eigenvalue weighted by atomic mass is 10.1. The summed E-state index contributed by atoms with van der Waals surface area (Å²) < 4.78 is 2.13. The van der Waals surface area contributed by atoms with Crippen LogP contribution in [0.3, 0.4) is 0 Å². The van der Waals surface area contributed by atoms with Crippen molar-refractivity contribution in [1.29, 1.82) is 0 Å². The van der Waals surface area contributed by atoms with Crippen molar-refractivity contribution < 1.29 is 0 Å². The van der Waals surface area contributed by atoms with E-state index in [0.29, 0.717) is 0 Å². The molecule has 2 aromatic carbocycles. The first-order valence-corrected chi connectivity index (χ1v) is 7.86. The standard InChI is InChI=1S/C19H18N4/c1-2-6-15(7-3-1)13-23-14-21-22-19(23)11-10-16-12-20-18-9-5-4-8-17(16)18/h1-9,12,14,20H,10-11,13H2. The average Bonchev–Trinajstić information content (AvgIpc) is 3.21. The summed E-state index contributed by atoms with van der Waals surface area (Å²) in [4.78, 5) is 3.33. The van der Waals surface area contributed by atoms with E-state index in [1.165, 1.54) is 22.0 Å². The van der Waals surface area contributed by atoms with E-state index in [1.54, 1.807) is 0 Å². The van der Waals surface area contributed by atoms with Crippen molar-refractivity contribution in [2.45, 2.75) is 19.4 Å². The quantitative estimate of drug-likeness (QED) is 0.612. The number of H-pyrrole nitrogens is 1. The molecular weight excluding hydrogens is 284 g/mol. The second kappa shape index (κ2) is 6.08. The zero-order valence-electron chi connectivity index (χ0n) is 12.8. The Morgan fingerprint density at radius 1 is 0.913 bits per heavy atom. The third-order valence-electron chi connectivity index (χ3n) is 4.18. The number of para-hydroxylation sites is 1. The highest BCUT2D eigenvalue weighted by atomic mass is 15.3. The molecule has 4 rings (SSSR count). The molecule has 4 heteroatoms. The summed E-state index contributed by atoms with van der Waals surface area (Å²) in [6.45, 7) is 0.817. The molecule has 114 valence electrons. The highest BCUT2D eigenvalue weighted by molar-refractivity contribution is 5.83. The van der Waals surface area contributed by atoms with Gasteiger partial charge in [0.15, 0.2) is 0 Å². The van der Waals surface area contributed by atoms with Crippen LogP contribution in [0, 0.1) is 0 Å². The minimum absolute atomic E-state index is 0.817. The fourth-order valence-corrected chi connectivity index (χ4v) is 2.97. The zero-order valence-corrected chi connectivity index (χ0v) is 12.8. The van der Waals surface area contributed by atoms with Crippen LogP contribution in [0.2, 0.25) is 0 Å². The monoisotopic (exact) mass is 302 g/mol. The van der Waals surface area contributed by atoms with Crippen LogP contribution in [0.4, 0.5) is 0 Å². The molecule has 2 aromatic heterocycles. The summed E-state index contributed by atoms with van der Waals surface area (Å²) in [5, 5.41) is 9.67. The summed E-state index contributed by atoms with van der Waals surface area (Å²) in [5.41, 5.74) is 3.78. The number of aryl methyl sites for hydroxylation is 2. The summed E-state index contributed by atoms with van der Waals surface area (Å²) in [6.07, 6.45) is 5.76. The van der Waals surface area contributed by atoms with E-state index >= 15 is 0 Å². The number of nitrogens with zero attached hydrogens (tertiary/aromatic N) is 3. The molecule has 0 radical (unpaired) electrons. The molecule has 0 fully saturated rings. The lowest BCUT2D eigenvalue weighted by molar-refractivity contribution is 0.713. The van der Waals surface area contributed by atoms with Gasteiger partial charge in [0, 0.05) is 23.5 Å². The molecule has 0 aliphatic rings. The first-order valence-electron chi connectivity index (χ1n) is 7.86. The van der Waals surface area contributed by atoms with E-state index in [2.05, 4.69) is 74.5 Å². The molecule has 1 N–H and O–H groups in total. The molecule has 0 unspecified atom stereocenters. The van der Waals surface area contributed by atoms with Gasteiger partial charge in [-0.1, -0.05) is 48.5 Å². The number of fused-ring (bicyclic) bond motifs is 1. The lowest BCUT2D eigenvalue weighted by Crippen LogP contribution is -2.05. The summed E-state index contributed by atoms with van der Waals surface area (Å²) >= 11 is 0. The largest absolute Gasteiger partial charge is 0.361 e. The maximum atomic E-state index is 4.29. The number of rotatable bonds is 5. The van der Waals surface area contributed by atoms with Crippen LogP contribution < -0.4 is 0 Å². The third-order valence-corrected chi connectivity index (χ3v) is 4.18. The van der Waals surface area contributed by atoms with Gasteiger partial charge >= 0.3 is 0 Å². The van der Waals surface area contributed by atoms with Crippen LogP contribution in [-0.4, -0.2) is 19.7 Å². The average molecular weight is 302 g/mol. The maximum absolute atomic E-state index is 4.29. The molecule has 0 spiro atoms. The van der Waals surface area contributed by atoms with Crippen molar-refractivity contribution in [3.8, 4) is 0 Å². The van der Waals surface area contributed by atoms with Gasteiger partial charge in [0.1, 0.15) is 12.2 Å². The normalized spacial score (nSPS) is 11.1. The van der Waals surface area contributed by atoms with Gasteiger partial charge in [-0.25, -0.2) is 0 Å². The summed E-state index contributed by atoms with van der Waals surface area (Å²) in [7, 11) is 0. The third kappa shape index (κ3) is 2.88. The second-order valence-corrected chi connectivity index (χ2v) is 5.72. The molecule has 0 aliphatic carbocycles. The molecule has 4 nitrogen and oxygen atoms in total. The van der Waals surface area contributed by atoms with E-state index in [9.17, 15) is 0 Å². The summed E-state index contributed by atoms with van der Waals surface area (Å²) in [6, 6.07) is 18.8. The number of benzene rings is 2. The van der Waals surface area contributed by atoms with Gasteiger partial charge in [-0.2, -0.15) is 0 Å². The summed E-state index contributed by atoms with van der Waals surface area (Å²) in [5.74, 6) is 1.03. The Morgan fingerprint density at radius 2 is 1.74 bits per heavy atom. The minimum Gasteiger partial charge on any atom is -0.361 e. The highest BCUT2D eigenvalue weighted by Gasteiger charge is 2.08. The van der Waals surface area contributed by atoms with Crippen molar-refractivity contribution in [3.05, 3.63) is 84.1 Å². The second-order valence-electron chi connectivity index (χ2n) is 5.72. The number of hydrogen-bond donors (Lipinski definition) is 1. The lowest BCUT2D eigenvalue weighted by Gasteiger charge is -2.06. The van der Waals surface area contributed by atoms with Crippen LogP contribution in [0.15, 0.2) is 67.1 Å². The van der Waals surface area contributed by atoms with E-state index in [1.807, 2.05) is 12.4 Å². The van der Waals surface area contributed by atoms with Crippen molar-refractivity contribution in [1.82, 2.24) is 19.7 Å². The highest BCUT2D eigenvalue weighted by Crippen LogP contribution is 2.19. The van der Waals surface area contributed by atoms with Crippen molar-refractivity contribution >= 4 is 10.9 Å². The van der Waals surface area contributed by atoms with Gasteiger partial charge in [-0.05, 0) is 23.6 Å². The van der Waals surface area contributed by atoms with Gasteiger partial charge < -0.3 is 9.55 Å². The van der Waals surface area contributed by atoms with E-state index in [-0.39, 0.29) is 0 Å². The molecule has 23 heavy (non-hydrogen) atoms. The van der Waals surface area contributed by atoms with Crippen LogP contribution in [0.1, 0.15) is 17.0 Å². The molecule has 0 bridgehead atoms. The van der Waals surface area contributed by atoms with Gasteiger partial charge in [0.2, 0.25) is 0 Å². The molecule has 4 aromatic rings. The maximum Gasteiger partial charge on any atom is 0.133 e. The Balaban J connectivity index is 1.51. The van der Waals surface area contributed by atoms with Crippen molar-refractivity contribution in [2.24, 2.45) is 0 Å². The van der Waals surface area contributed by atoms with Crippen LogP contribution in [0.5, 0.6) is 0 Å². The zero-order chi connectivity index (χ0) is 15.5. The molecule has 2 heterocycles. The first-order chi connectivity index (χ1) is 11.4. The predicted octanol–water partition coefficient (Wildman–Crippen LogP) is 3.59. The fourth-order valence-electron chi connectivity index (χ4n) is 2.97. The SMILES string of the molecule is c1ccc(Cn2cnnc2CCc2c[nH]c3ccccc23)cc1. The van der Waals surface area contributed by atoms with E-state index < -0.39 is 0 Å². The van der Waals surface area contributed by atoms with Gasteiger partial charge in [-0.3, -0.25) is 0 Å². The predicted molar refractivity (Wildman–Crippen MR) is 91.3 cm³/mol. The Kier molecular flexibility index (Phi) is 3.64. The molecule has 0 saturated carbocycles. The number of nitrogens with one attached hydrogen (secondary N) is 1. The topological polar surface area (TPSA) is 46.5 Å². The van der Waals surface area contributed by atoms with Gasteiger partial charge in [0.25, 0.3) is 0 Å². The fraction of sp³-hybridized carbons (Fsp3) is 0.158. The molecule has 0 aliphatic heterocycles. The molecule has 0 amide bonds. The Morgan fingerprint density at radius 3 is 2.65 bits per heavy atom.